The SMILES string of the molecule is CC(C)(C)c1ccc(Oc2cc3c4c(cc(Oc5ccc(C(C)(C)C)cc5)c5c6c(Oc7ccc(C(C)(C)C)cc7)cc7c8c(cc(Oc9ccc(C(C)(C)C)cc9)c(c2c45)c86)C(=O)N(c2c(CCC45CC6CC(CC(C6)C4)C5)cccc2CCC24CC5CC(CC(C5)C2)C4)C7=O)C(=O)N(c2c(CCC45CC6CC(CC(C6)C4)C5)cccc2CCC24CC5CC(CC(C5)C2)C4)C3=O)cc1. The second kappa shape index (κ2) is 30.9. The van der Waals surface area contributed by atoms with E-state index in [-0.39, 0.29) is 43.3 Å². The number of carbonyl (C=O) groups is 4. The first-order valence-electron chi connectivity index (χ1n) is 52.6. The van der Waals surface area contributed by atoms with E-state index in [1.165, 1.54) is 154 Å². The first-order valence-corrected chi connectivity index (χ1v) is 52.6. The van der Waals surface area contributed by atoms with Crippen molar-refractivity contribution in [2.45, 2.75) is 310 Å². The van der Waals surface area contributed by atoms with Gasteiger partial charge in [0, 0.05) is 43.1 Å². The lowest BCUT2D eigenvalue weighted by Crippen LogP contribution is -2.46. The molecule has 0 atom stereocenters. The lowest BCUT2D eigenvalue weighted by atomic mass is 9.48. The van der Waals surface area contributed by atoms with Crippen molar-refractivity contribution in [1.29, 1.82) is 0 Å². The molecule has 18 aliphatic rings. The highest BCUT2D eigenvalue weighted by Crippen LogP contribution is 2.68. The van der Waals surface area contributed by atoms with Gasteiger partial charge in [0.2, 0.25) is 0 Å². The van der Waals surface area contributed by atoms with Crippen LogP contribution in [0.2, 0.25) is 0 Å². The highest BCUT2D eigenvalue weighted by Gasteiger charge is 2.56. The first kappa shape index (κ1) is 85.8. The van der Waals surface area contributed by atoms with Crippen LogP contribution < -0.4 is 28.7 Å². The van der Waals surface area contributed by atoms with Gasteiger partial charge in [0.1, 0.15) is 46.0 Å². The molecule has 0 N–H and O–H groups in total. The Morgan fingerprint density at radius 3 is 0.597 bits per heavy atom. The number of para-hydroxylation sites is 2. The Kier molecular flexibility index (Phi) is 19.8. The lowest BCUT2D eigenvalue weighted by Gasteiger charge is -2.57. The van der Waals surface area contributed by atoms with Crippen molar-refractivity contribution < 1.29 is 38.1 Å². The summed E-state index contributed by atoms with van der Waals surface area (Å²) >= 11 is 0. The zero-order valence-electron chi connectivity index (χ0n) is 81.7. The Morgan fingerprint density at radius 2 is 0.425 bits per heavy atom. The lowest BCUT2D eigenvalue weighted by molar-refractivity contribution is -0.0572. The van der Waals surface area contributed by atoms with Crippen molar-refractivity contribution in [3.63, 3.8) is 0 Å². The minimum atomic E-state index is -0.411. The van der Waals surface area contributed by atoms with Crippen molar-refractivity contribution >= 4 is 78.1 Å². The van der Waals surface area contributed by atoms with Gasteiger partial charge in [0.15, 0.2) is 0 Å². The van der Waals surface area contributed by atoms with E-state index in [2.05, 4.69) is 168 Å². The second-order valence-electron chi connectivity index (χ2n) is 51.6. The number of fused-ring (bicyclic) bond motifs is 2. The molecule has 10 heteroatoms. The summed E-state index contributed by atoms with van der Waals surface area (Å²) in [5, 5.41) is 4.08. The Morgan fingerprint density at radius 1 is 0.246 bits per heavy atom. The minimum absolute atomic E-state index is 0.198. The molecule has 0 saturated heterocycles. The molecule has 2 heterocycles. The maximum atomic E-state index is 17.9. The molecule has 16 saturated carbocycles. The summed E-state index contributed by atoms with van der Waals surface area (Å²) in [6.45, 7) is 26.7. The van der Waals surface area contributed by atoms with Crippen molar-refractivity contribution in [3.05, 3.63) is 224 Å². The van der Waals surface area contributed by atoms with E-state index >= 15 is 19.2 Å². The smallest absolute Gasteiger partial charge is 0.266 e. The number of nitrogens with zero attached hydrogens (tertiary/aromatic N) is 2. The Hall–Kier alpha value is -9.80. The van der Waals surface area contributed by atoms with Crippen molar-refractivity contribution in [1.82, 2.24) is 0 Å². The average molecular weight is 1780 g/mol. The van der Waals surface area contributed by atoms with Crippen LogP contribution in [-0.2, 0) is 47.3 Å². The Labute approximate surface area is 794 Å². The Balaban J connectivity index is 0.750. The summed E-state index contributed by atoms with van der Waals surface area (Å²) in [6, 6.07) is 54.6. The molecule has 11 aromatic carbocycles. The molecule has 10 nitrogen and oxygen atoms in total. The Bertz CT molecular complexity index is 5730. The van der Waals surface area contributed by atoms with E-state index in [0.717, 1.165) is 178 Å². The van der Waals surface area contributed by atoms with Gasteiger partial charge in [0.05, 0.1) is 33.6 Å². The molecule has 11 aromatic rings. The fourth-order valence-electron chi connectivity index (χ4n) is 33.5. The number of aryl methyl sites for hydroxylation is 4. The number of hydrogen-bond acceptors (Lipinski definition) is 8. The van der Waals surface area contributed by atoms with Crippen LogP contribution in [0.5, 0.6) is 46.0 Å². The average Bonchev–Trinajstić information content (AvgIpc) is 0.666. The highest BCUT2D eigenvalue weighted by molar-refractivity contribution is 6.48. The zero-order chi connectivity index (χ0) is 91.6. The second-order valence-corrected chi connectivity index (χ2v) is 51.6. The van der Waals surface area contributed by atoms with Crippen LogP contribution in [0.25, 0.3) is 43.1 Å². The monoisotopic (exact) mass is 1780 g/mol. The summed E-state index contributed by atoms with van der Waals surface area (Å²) < 4.78 is 31.3. The predicted octanol–water partition coefficient (Wildman–Crippen LogP) is 32.3. The third-order valence-corrected chi connectivity index (χ3v) is 37.9. The standard InChI is InChI=1S/C124H138N2O8/c1-117(2,3)87-19-27-91(28-20-87)131-99-55-95-103-96(114(128)125(113(95)127)111-83(35-39-121-59-71-43-72(60-121)45-73(44-71)61-121)15-13-16-84(111)36-40-122-62-74-46-75(63-122)48-76(47-74)64-122)57-101(133-93-31-23-89(24-32-93)119(7,8)9)107-108-102(134-94-33-25-90(26-34-94)120(10,11)12)58-98-104-97(56-100(106(110(104)108)105(99)109(103)107)132-92-29-21-88(22-30-92)118(4,5)6)115(129)126(116(98)130)112-85(37-41-123-65-77-49-78(66-123)51-79(50-77)67-123)17-14-18-86(112)38-42-124-68-80-52-81(69-124)54-82(53-80)70-124/h13-34,55-58,71-82H,35-54,59-70H2,1-12H3. The molecule has 0 unspecified atom stereocenters. The van der Waals surface area contributed by atoms with Gasteiger partial charge in [0.25, 0.3) is 23.6 Å². The fourth-order valence-corrected chi connectivity index (χ4v) is 33.5. The molecule has 29 rings (SSSR count). The number of rotatable bonds is 22. The van der Waals surface area contributed by atoms with E-state index in [0.29, 0.717) is 111 Å². The summed E-state index contributed by atoms with van der Waals surface area (Å²) in [4.78, 5) is 74.7. The number of carbonyl (C=O) groups excluding carboxylic acids is 4. The molecular weight excluding hydrogens is 1650 g/mol. The molecule has 0 radical (unpaired) electrons. The van der Waals surface area contributed by atoms with Gasteiger partial charge in [-0.2, -0.15) is 0 Å². The van der Waals surface area contributed by atoms with Crippen molar-refractivity contribution in [3.8, 4) is 46.0 Å². The molecule has 16 bridgehead atoms. The molecule has 0 aromatic heterocycles. The predicted molar refractivity (Wildman–Crippen MR) is 539 cm³/mol. The largest absolute Gasteiger partial charge is 0.457 e. The molecule has 16 fully saturated rings. The van der Waals surface area contributed by atoms with E-state index in [4.69, 9.17) is 18.9 Å². The first-order chi connectivity index (χ1) is 64.1. The molecule has 4 amide bonds. The van der Waals surface area contributed by atoms with Crippen LogP contribution in [0.4, 0.5) is 11.4 Å². The quantitative estimate of drug-likeness (QED) is 0.0375. The van der Waals surface area contributed by atoms with Gasteiger partial charge >= 0.3 is 0 Å². The maximum Gasteiger partial charge on any atom is 0.266 e. The fraction of sp³-hybridized carbons (Fsp3) is 0.516. The van der Waals surface area contributed by atoms with Gasteiger partial charge in [-0.1, -0.05) is 168 Å². The molecule has 0 spiro atoms. The van der Waals surface area contributed by atoms with Gasteiger partial charge in [-0.3, -0.25) is 19.2 Å². The highest BCUT2D eigenvalue weighted by atomic mass is 16.5. The third-order valence-electron chi connectivity index (χ3n) is 37.9. The topological polar surface area (TPSA) is 112 Å². The molecule has 16 aliphatic carbocycles. The van der Waals surface area contributed by atoms with Gasteiger partial charge < -0.3 is 18.9 Å². The summed E-state index contributed by atoms with van der Waals surface area (Å²) in [6.07, 6.45) is 38.6. The van der Waals surface area contributed by atoms with Crippen LogP contribution in [0.15, 0.2) is 158 Å². The number of imide groups is 2. The van der Waals surface area contributed by atoms with E-state index in [1.807, 2.05) is 72.8 Å². The summed E-state index contributed by atoms with van der Waals surface area (Å²) in [5.74, 6) is 11.1. The third kappa shape index (κ3) is 14.6. The van der Waals surface area contributed by atoms with Crippen LogP contribution in [0.3, 0.4) is 0 Å². The normalized spacial score (nSPS) is 29.6. The van der Waals surface area contributed by atoms with E-state index in [9.17, 15) is 0 Å². The molecule has 2 aliphatic heterocycles. The molecule has 134 heavy (non-hydrogen) atoms. The van der Waals surface area contributed by atoms with Crippen LogP contribution in [0, 0.1) is 92.7 Å². The van der Waals surface area contributed by atoms with E-state index in [1.54, 1.807) is 9.80 Å². The van der Waals surface area contributed by atoms with Gasteiger partial charge in [-0.15, -0.1) is 0 Å². The summed E-state index contributed by atoms with van der Waals surface area (Å²) in [7, 11) is 0. The van der Waals surface area contributed by atoms with Gasteiger partial charge in [-0.25, -0.2) is 9.80 Å². The number of benzene rings is 11. The number of hydrogen-bond donors (Lipinski definition) is 0. The minimum Gasteiger partial charge on any atom is -0.457 e. The van der Waals surface area contributed by atoms with Crippen LogP contribution in [-0.4, -0.2) is 23.6 Å². The van der Waals surface area contributed by atoms with Crippen molar-refractivity contribution in [2.75, 3.05) is 9.80 Å². The zero-order valence-corrected chi connectivity index (χ0v) is 81.7. The number of ether oxygens (including phenoxy) is 4. The summed E-state index contributed by atoms with van der Waals surface area (Å²) in [5.41, 5.74) is 11.6. The number of anilines is 2. The number of amides is 4. The van der Waals surface area contributed by atoms with Crippen LogP contribution >= 0.6 is 0 Å². The van der Waals surface area contributed by atoms with Crippen LogP contribution in [0.1, 0.15) is 349 Å². The van der Waals surface area contributed by atoms with Gasteiger partial charge in [-0.05, 0) is 437 Å². The van der Waals surface area contributed by atoms with Crippen molar-refractivity contribution in [2.24, 2.45) is 92.7 Å². The molecule has 692 valence electrons. The maximum absolute atomic E-state index is 17.9. The molecular formula is C124H138N2O8. The van der Waals surface area contributed by atoms with E-state index < -0.39 is 23.6 Å².